The van der Waals surface area contributed by atoms with Crippen LogP contribution < -0.4 is 15.2 Å². The number of hydrogen-bond donors (Lipinski definition) is 1. The molecule has 24 heavy (non-hydrogen) atoms. The van der Waals surface area contributed by atoms with E-state index in [9.17, 15) is 15.2 Å². The van der Waals surface area contributed by atoms with Crippen molar-refractivity contribution in [3.63, 3.8) is 0 Å². The van der Waals surface area contributed by atoms with Gasteiger partial charge in [0.05, 0.1) is 11.3 Å². The molecule has 0 saturated heterocycles. The molecule has 8 heteroatoms. The van der Waals surface area contributed by atoms with Gasteiger partial charge in [-0.1, -0.05) is 36.1 Å². The molecule has 0 bridgehead atoms. The molecule has 2 aliphatic rings. The number of carbonyl (C=O) groups excluding carboxylic acids is 1. The van der Waals surface area contributed by atoms with Crippen LogP contribution in [0.5, 0.6) is 0 Å². The maximum absolute atomic E-state index is 12.8. The number of aldehydes is 1. The van der Waals surface area contributed by atoms with E-state index in [0.29, 0.717) is 26.4 Å². The number of allylic oxidation sites excluding steroid dienone is 2. The second-order valence-corrected chi connectivity index (χ2v) is 6.63. The zero-order valence-electron chi connectivity index (χ0n) is 12.3. The average Bonchev–Trinajstić information content (AvgIpc) is 3.03. The summed E-state index contributed by atoms with van der Waals surface area (Å²) in [6.45, 7) is 0. The number of nitrogen functional groups attached to an aromatic ring is 1. The van der Waals surface area contributed by atoms with Crippen LogP contribution in [0, 0.1) is 10.4 Å². The number of rotatable bonds is 2. The second-order valence-electron chi connectivity index (χ2n) is 5.47. The first-order valence-electron chi connectivity index (χ1n) is 7.23. The molecule has 1 aliphatic heterocycles. The molecular weight excluding hydrogens is 328 g/mol. The van der Waals surface area contributed by atoms with E-state index in [0.717, 1.165) is 0 Å². The minimum Gasteiger partial charge on any atom is -0.710 e. The molecule has 2 N–H and O–H groups in total. The Morgan fingerprint density at radius 1 is 1.17 bits per heavy atom. The van der Waals surface area contributed by atoms with Gasteiger partial charge in [0.25, 0.3) is 5.52 Å². The standard InChI is InChI=1S/C16H12N4O3S/c17-15-14(16-18-10-3-1-2-4-13(10)24-16)19(22)12-7-9(8-21)5-6-11(12)20(15)23/h1-8,10,13H,17H2/t10-,13-/m0/s1. The van der Waals surface area contributed by atoms with E-state index < -0.39 is 0 Å². The van der Waals surface area contributed by atoms with E-state index in [2.05, 4.69) is 4.99 Å². The lowest BCUT2D eigenvalue weighted by Crippen LogP contribution is -2.45. The van der Waals surface area contributed by atoms with Crippen LogP contribution in [0.25, 0.3) is 11.0 Å². The third kappa shape index (κ3) is 2.07. The SMILES string of the molecule is Nc1c(C2=N[C@H]3C=CC=C[C@@H]3S2)[n+]([O-])c2cc(C=O)ccc2[n+]1[O-]. The highest BCUT2D eigenvalue weighted by molar-refractivity contribution is 8.15. The highest BCUT2D eigenvalue weighted by Gasteiger charge is 2.37. The fourth-order valence-electron chi connectivity index (χ4n) is 2.81. The molecule has 0 saturated carbocycles. The van der Waals surface area contributed by atoms with Crippen LogP contribution >= 0.6 is 11.8 Å². The third-order valence-corrected chi connectivity index (χ3v) is 5.24. The van der Waals surface area contributed by atoms with Crippen LogP contribution in [0.15, 0.2) is 47.5 Å². The Morgan fingerprint density at radius 2 is 1.96 bits per heavy atom. The molecule has 1 aromatic heterocycles. The van der Waals surface area contributed by atoms with Gasteiger partial charge >= 0.3 is 11.5 Å². The summed E-state index contributed by atoms with van der Waals surface area (Å²) in [6.07, 6.45) is 8.37. The minimum absolute atomic E-state index is 0.0294. The Balaban J connectivity index is 1.94. The predicted molar refractivity (Wildman–Crippen MR) is 91.7 cm³/mol. The lowest BCUT2D eigenvalue weighted by molar-refractivity contribution is -0.619. The van der Waals surface area contributed by atoms with Crippen LogP contribution in [0.1, 0.15) is 16.1 Å². The lowest BCUT2D eigenvalue weighted by atomic mass is 10.1. The number of fused-ring (bicyclic) bond motifs is 2. The highest BCUT2D eigenvalue weighted by Crippen LogP contribution is 2.34. The quantitative estimate of drug-likeness (QED) is 0.495. The number of thioether (sulfide) groups is 1. The Bertz CT molecular complexity index is 968. The van der Waals surface area contributed by atoms with E-state index in [4.69, 9.17) is 5.73 Å². The number of benzene rings is 1. The fourth-order valence-corrected chi connectivity index (χ4v) is 4.01. The van der Waals surface area contributed by atoms with Crippen LogP contribution in [-0.2, 0) is 0 Å². The summed E-state index contributed by atoms with van der Waals surface area (Å²) in [5.41, 5.74) is 6.45. The molecule has 2 heterocycles. The molecule has 2 atom stereocenters. The molecule has 1 aromatic carbocycles. The zero-order valence-corrected chi connectivity index (χ0v) is 13.1. The number of nitrogens with zero attached hydrogens (tertiary/aromatic N) is 3. The highest BCUT2D eigenvalue weighted by atomic mass is 32.2. The number of aromatic nitrogens is 2. The summed E-state index contributed by atoms with van der Waals surface area (Å²) in [5, 5.41) is 25.7. The Kier molecular flexibility index (Phi) is 3.27. The molecule has 0 fully saturated rings. The fraction of sp³-hybridized carbons (Fsp3) is 0.125. The van der Waals surface area contributed by atoms with Crippen LogP contribution in [-0.4, -0.2) is 22.6 Å². The molecule has 120 valence electrons. The second kappa shape index (κ2) is 5.34. The van der Waals surface area contributed by atoms with Gasteiger partial charge in [0, 0.05) is 11.6 Å². The molecule has 0 radical (unpaired) electrons. The van der Waals surface area contributed by atoms with E-state index in [1.807, 2.05) is 24.3 Å². The summed E-state index contributed by atoms with van der Waals surface area (Å²) in [5.74, 6) is -0.200. The first-order valence-corrected chi connectivity index (χ1v) is 8.11. The predicted octanol–water partition coefficient (Wildman–Crippen LogP) is 0.858. The van der Waals surface area contributed by atoms with Crippen molar-refractivity contribution in [2.75, 3.05) is 5.73 Å². The van der Waals surface area contributed by atoms with Gasteiger partial charge in [-0.05, 0) is 12.1 Å². The summed E-state index contributed by atoms with van der Waals surface area (Å²) in [4.78, 5) is 15.5. The number of hydrogen-bond acceptors (Lipinski definition) is 6. The zero-order chi connectivity index (χ0) is 16.8. The summed E-state index contributed by atoms with van der Waals surface area (Å²) in [6, 6.07) is 4.18. The van der Waals surface area contributed by atoms with E-state index >= 15 is 0 Å². The molecule has 2 aromatic rings. The number of aliphatic imine (C=N–C) groups is 1. The maximum atomic E-state index is 12.8. The van der Waals surface area contributed by atoms with E-state index in [-0.39, 0.29) is 33.8 Å². The maximum Gasteiger partial charge on any atom is 0.353 e. The van der Waals surface area contributed by atoms with Crippen molar-refractivity contribution >= 4 is 39.9 Å². The van der Waals surface area contributed by atoms with Gasteiger partial charge < -0.3 is 10.4 Å². The average molecular weight is 340 g/mol. The van der Waals surface area contributed by atoms with Crippen molar-refractivity contribution in [2.24, 2.45) is 4.99 Å². The largest absolute Gasteiger partial charge is 0.710 e. The van der Waals surface area contributed by atoms with Gasteiger partial charge in [-0.25, -0.2) is 4.73 Å². The Hall–Kier alpha value is -2.87. The van der Waals surface area contributed by atoms with Crippen molar-refractivity contribution in [2.45, 2.75) is 11.3 Å². The Morgan fingerprint density at radius 3 is 2.71 bits per heavy atom. The number of carbonyl (C=O) groups is 1. The van der Waals surface area contributed by atoms with Crippen LogP contribution in [0.4, 0.5) is 5.82 Å². The van der Waals surface area contributed by atoms with Gasteiger partial charge in [0.1, 0.15) is 6.29 Å². The topological polar surface area (TPSA) is 109 Å². The molecule has 0 spiro atoms. The van der Waals surface area contributed by atoms with Crippen molar-refractivity contribution in [3.8, 4) is 0 Å². The van der Waals surface area contributed by atoms with Crippen LogP contribution in [0.2, 0.25) is 0 Å². The first-order chi connectivity index (χ1) is 11.6. The van der Waals surface area contributed by atoms with Gasteiger partial charge in [-0.2, -0.15) is 4.73 Å². The van der Waals surface area contributed by atoms with Gasteiger partial charge in [0.15, 0.2) is 5.04 Å². The summed E-state index contributed by atoms with van der Waals surface area (Å²) < 4.78 is 1.09. The molecule has 0 amide bonds. The summed E-state index contributed by atoms with van der Waals surface area (Å²) in [7, 11) is 0. The molecule has 4 rings (SSSR count). The van der Waals surface area contributed by atoms with Crippen LogP contribution in [0.3, 0.4) is 0 Å². The molecule has 0 unspecified atom stereocenters. The monoisotopic (exact) mass is 340 g/mol. The number of nitrogens with two attached hydrogens (primary N) is 1. The number of anilines is 1. The normalized spacial score (nSPS) is 21.8. The van der Waals surface area contributed by atoms with E-state index in [1.165, 1.54) is 30.0 Å². The van der Waals surface area contributed by atoms with Crippen molar-refractivity contribution in [1.29, 1.82) is 0 Å². The Labute approximate surface area is 141 Å². The van der Waals surface area contributed by atoms with Crippen molar-refractivity contribution in [1.82, 2.24) is 0 Å². The molecular formula is C16H12N4O3S. The minimum atomic E-state index is -0.200. The van der Waals surface area contributed by atoms with Crippen molar-refractivity contribution in [3.05, 3.63) is 64.2 Å². The van der Waals surface area contributed by atoms with Gasteiger partial charge in [0.2, 0.25) is 5.52 Å². The lowest BCUT2D eigenvalue weighted by Gasteiger charge is -2.13. The summed E-state index contributed by atoms with van der Waals surface area (Å²) >= 11 is 1.39. The molecule has 7 nitrogen and oxygen atoms in total. The van der Waals surface area contributed by atoms with Gasteiger partial charge in [-0.15, -0.1) is 0 Å². The molecule has 1 aliphatic carbocycles. The third-order valence-electron chi connectivity index (χ3n) is 4.01. The van der Waals surface area contributed by atoms with E-state index in [1.54, 1.807) is 0 Å². The van der Waals surface area contributed by atoms with Crippen molar-refractivity contribution < 1.29 is 14.3 Å². The van der Waals surface area contributed by atoms with Gasteiger partial charge in [-0.3, -0.25) is 15.5 Å². The smallest absolute Gasteiger partial charge is 0.353 e. The first kappa shape index (κ1) is 14.7.